The fraction of sp³-hybridized carbons (Fsp3) is 0.0952. The molecule has 0 aliphatic heterocycles. The monoisotopic (exact) mass is 391 g/mol. The summed E-state index contributed by atoms with van der Waals surface area (Å²) in [7, 11) is 3.16. The van der Waals surface area contributed by atoms with Crippen LogP contribution in [0.5, 0.6) is 11.5 Å². The van der Waals surface area contributed by atoms with Crippen LogP contribution >= 0.6 is 11.3 Å². The molecule has 0 bridgehead atoms. The lowest BCUT2D eigenvalue weighted by Gasteiger charge is -2.07. The van der Waals surface area contributed by atoms with Crippen molar-refractivity contribution in [2.24, 2.45) is 0 Å². The number of nitrogens with zero attached hydrogens (tertiary/aromatic N) is 3. The molecule has 0 saturated heterocycles. The van der Waals surface area contributed by atoms with Gasteiger partial charge in [0.1, 0.15) is 0 Å². The van der Waals surface area contributed by atoms with Crippen LogP contribution in [0.4, 0.5) is 0 Å². The number of hydrogen-bond acceptors (Lipinski definition) is 6. The van der Waals surface area contributed by atoms with Gasteiger partial charge in [-0.3, -0.25) is 4.79 Å². The molecule has 0 amide bonds. The average molecular weight is 391 g/mol. The van der Waals surface area contributed by atoms with Crippen molar-refractivity contribution in [3.63, 3.8) is 0 Å². The van der Waals surface area contributed by atoms with Gasteiger partial charge in [0.2, 0.25) is 4.96 Å². The molecular weight excluding hydrogens is 374 g/mol. The summed E-state index contributed by atoms with van der Waals surface area (Å²) in [6.07, 6.45) is 5.51. The standard InChI is InChI=1S/C21H17N3O3S/c1-26-16-10-8-15(12-17(16)27-2)13-18-20(25)24-21(28-18)22-19(23-24)11-9-14-6-4-3-5-7-14/h3-13H,1-2H3/b11-9+,18-13-. The van der Waals surface area contributed by atoms with Crippen LogP contribution in [0.1, 0.15) is 17.0 Å². The first kappa shape index (κ1) is 17.9. The smallest absolute Gasteiger partial charge is 0.291 e. The average Bonchev–Trinajstić information content (AvgIpc) is 3.26. The molecule has 4 rings (SSSR count). The van der Waals surface area contributed by atoms with Crippen LogP contribution in [0, 0.1) is 0 Å². The zero-order chi connectivity index (χ0) is 19.5. The highest BCUT2D eigenvalue weighted by molar-refractivity contribution is 7.15. The number of benzene rings is 2. The van der Waals surface area contributed by atoms with Crippen molar-refractivity contribution in [1.29, 1.82) is 0 Å². The molecule has 2 aromatic heterocycles. The highest BCUT2D eigenvalue weighted by Crippen LogP contribution is 2.27. The number of methoxy groups -OCH3 is 2. The predicted molar refractivity (Wildman–Crippen MR) is 111 cm³/mol. The lowest BCUT2D eigenvalue weighted by atomic mass is 10.2. The van der Waals surface area contributed by atoms with E-state index in [1.807, 2.05) is 48.5 Å². The fourth-order valence-corrected chi connectivity index (χ4v) is 3.66. The Hall–Kier alpha value is -3.45. The van der Waals surface area contributed by atoms with E-state index in [9.17, 15) is 4.79 Å². The minimum absolute atomic E-state index is 0.193. The van der Waals surface area contributed by atoms with Crippen LogP contribution < -0.4 is 19.6 Å². The van der Waals surface area contributed by atoms with Gasteiger partial charge in [-0.2, -0.15) is 9.50 Å². The molecule has 0 aliphatic carbocycles. The lowest BCUT2D eigenvalue weighted by molar-refractivity contribution is 0.355. The summed E-state index contributed by atoms with van der Waals surface area (Å²) in [4.78, 5) is 17.6. The van der Waals surface area contributed by atoms with Gasteiger partial charge >= 0.3 is 0 Å². The molecule has 0 saturated carbocycles. The highest BCUT2D eigenvalue weighted by Gasteiger charge is 2.09. The van der Waals surface area contributed by atoms with Gasteiger partial charge in [0.15, 0.2) is 17.3 Å². The van der Waals surface area contributed by atoms with Crippen molar-refractivity contribution in [3.8, 4) is 11.5 Å². The fourth-order valence-electron chi connectivity index (χ4n) is 2.75. The molecule has 7 heteroatoms. The molecule has 4 aromatic rings. The van der Waals surface area contributed by atoms with Crippen molar-refractivity contribution in [3.05, 3.63) is 80.4 Å². The molecule has 0 atom stereocenters. The summed E-state index contributed by atoms with van der Waals surface area (Å²) < 4.78 is 12.4. The van der Waals surface area contributed by atoms with Crippen molar-refractivity contribution >= 4 is 34.5 Å². The minimum atomic E-state index is -0.193. The van der Waals surface area contributed by atoms with E-state index < -0.39 is 0 Å². The first-order valence-electron chi connectivity index (χ1n) is 8.54. The number of hydrogen-bond donors (Lipinski definition) is 0. The largest absolute Gasteiger partial charge is 0.493 e. The van der Waals surface area contributed by atoms with Crippen LogP contribution in [0.25, 0.3) is 23.2 Å². The second-order valence-corrected chi connectivity index (χ2v) is 6.95. The van der Waals surface area contributed by atoms with Crippen LogP contribution in [0.3, 0.4) is 0 Å². The molecular formula is C21H17N3O3S. The predicted octanol–water partition coefficient (Wildman–Crippen LogP) is 2.89. The third kappa shape index (κ3) is 3.52. The van der Waals surface area contributed by atoms with Crippen LogP contribution in [0.15, 0.2) is 53.3 Å². The Balaban J connectivity index is 1.68. The second kappa shape index (κ2) is 7.66. The van der Waals surface area contributed by atoms with Gasteiger partial charge in [-0.1, -0.05) is 53.8 Å². The molecule has 2 aromatic carbocycles. The van der Waals surface area contributed by atoms with Gasteiger partial charge < -0.3 is 9.47 Å². The molecule has 6 nitrogen and oxygen atoms in total. The highest BCUT2D eigenvalue weighted by atomic mass is 32.1. The third-order valence-corrected chi connectivity index (χ3v) is 5.09. The first-order valence-corrected chi connectivity index (χ1v) is 9.36. The van der Waals surface area contributed by atoms with Gasteiger partial charge in [0, 0.05) is 0 Å². The van der Waals surface area contributed by atoms with Gasteiger partial charge in [-0.05, 0) is 35.4 Å². The van der Waals surface area contributed by atoms with Crippen molar-refractivity contribution < 1.29 is 9.47 Å². The van der Waals surface area contributed by atoms with Gasteiger partial charge in [-0.25, -0.2) is 0 Å². The van der Waals surface area contributed by atoms with Crippen LogP contribution in [-0.4, -0.2) is 28.8 Å². The SMILES string of the molecule is COc1ccc(/C=c2\sc3nc(/C=C/c4ccccc4)nn3c2=O)cc1OC. The molecule has 0 aliphatic rings. The molecule has 2 heterocycles. The quantitative estimate of drug-likeness (QED) is 0.523. The molecule has 0 unspecified atom stereocenters. The van der Waals surface area contributed by atoms with Crippen molar-refractivity contribution in [2.75, 3.05) is 14.2 Å². The van der Waals surface area contributed by atoms with Crippen LogP contribution in [0.2, 0.25) is 0 Å². The number of ether oxygens (including phenoxy) is 2. The maximum absolute atomic E-state index is 12.7. The van der Waals surface area contributed by atoms with E-state index >= 15 is 0 Å². The lowest BCUT2D eigenvalue weighted by Crippen LogP contribution is -2.23. The molecule has 0 N–H and O–H groups in total. The Morgan fingerprint density at radius 3 is 2.46 bits per heavy atom. The summed E-state index contributed by atoms with van der Waals surface area (Å²) in [5, 5.41) is 4.30. The molecule has 0 fully saturated rings. The third-order valence-electron chi connectivity index (χ3n) is 4.13. The maximum Gasteiger partial charge on any atom is 0.291 e. The van der Waals surface area contributed by atoms with Crippen molar-refractivity contribution in [1.82, 2.24) is 14.6 Å². The number of thiazole rings is 1. The minimum Gasteiger partial charge on any atom is -0.493 e. The molecule has 0 spiro atoms. The molecule has 28 heavy (non-hydrogen) atoms. The molecule has 0 radical (unpaired) electrons. The Morgan fingerprint density at radius 1 is 0.964 bits per heavy atom. The van der Waals surface area contributed by atoms with E-state index in [1.54, 1.807) is 32.4 Å². The van der Waals surface area contributed by atoms with Gasteiger partial charge in [-0.15, -0.1) is 5.10 Å². The Bertz CT molecular complexity index is 1260. The summed E-state index contributed by atoms with van der Waals surface area (Å²) in [5.41, 5.74) is 1.69. The Labute approximate surface area is 165 Å². The number of rotatable bonds is 5. The molecule has 140 valence electrons. The van der Waals surface area contributed by atoms with E-state index in [-0.39, 0.29) is 5.56 Å². The summed E-state index contributed by atoms with van der Waals surface area (Å²) >= 11 is 1.30. The van der Waals surface area contributed by atoms with E-state index in [0.29, 0.717) is 26.8 Å². The number of fused-ring (bicyclic) bond motifs is 1. The Kier molecular flexibility index (Phi) is 4.90. The summed E-state index contributed by atoms with van der Waals surface area (Å²) in [6, 6.07) is 15.4. The summed E-state index contributed by atoms with van der Waals surface area (Å²) in [6.45, 7) is 0. The van der Waals surface area contributed by atoms with Crippen molar-refractivity contribution in [2.45, 2.75) is 0 Å². The van der Waals surface area contributed by atoms with Gasteiger partial charge in [0.25, 0.3) is 5.56 Å². The zero-order valence-corrected chi connectivity index (χ0v) is 16.1. The first-order chi connectivity index (χ1) is 13.7. The second-order valence-electron chi connectivity index (χ2n) is 5.94. The number of aromatic nitrogens is 3. The van der Waals surface area contributed by atoms with Gasteiger partial charge in [0.05, 0.1) is 18.8 Å². The van der Waals surface area contributed by atoms with E-state index in [4.69, 9.17) is 9.47 Å². The Morgan fingerprint density at radius 2 is 1.75 bits per heavy atom. The summed E-state index contributed by atoms with van der Waals surface area (Å²) in [5.74, 6) is 1.75. The maximum atomic E-state index is 12.7. The normalized spacial score (nSPS) is 12.1. The van der Waals surface area contributed by atoms with E-state index in [2.05, 4.69) is 10.1 Å². The van der Waals surface area contributed by atoms with E-state index in [1.165, 1.54) is 15.9 Å². The van der Waals surface area contributed by atoms with E-state index in [0.717, 1.165) is 11.1 Å². The van der Waals surface area contributed by atoms with Crippen LogP contribution in [-0.2, 0) is 0 Å². The topological polar surface area (TPSA) is 65.7 Å². The zero-order valence-electron chi connectivity index (χ0n) is 15.3.